The number of thioether (sulfide) groups is 1. The van der Waals surface area contributed by atoms with E-state index in [0.29, 0.717) is 26.7 Å². The van der Waals surface area contributed by atoms with Crippen LogP contribution < -0.4 is 4.74 Å². The van der Waals surface area contributed by atoms with Crippen LogP contribution in [0.5, 0.6) is 5.75 Å². The first-order valence-electron chi connectivity index (χ1n) is 7.95. The molecule has 2 aromatic rings. The Morgan fingerprint density at radius 1 is 1.22 bits per heavy atom. The predicted octanol–water partition coefficient (Wildman–Crippen LogP) is 5.84. The standard InChI is InChI=1S/C19H14BrF3O3S/c1-2-25-17(24)15-11-12-10-13(20)8-9-16(12)26-18(15,19(21,22)23)27-14-6-4-3-5-7-14/h3-11H,2H2,1H3. The van der Waals surface area contributed by atoms with Crippen LogP contribution in [0.2, 0.25) is 0 Å². The summed E-state index contributed by atoms with van der Waals surface area (Å²) >= 11 is 3.69. The van der Waals surface area contributed by atoms with Gasteiger partial charge in [-0.3, -0.25) is 0 Å². The zero-order chi connectivity index (χ0) is 19.7. The molecule has 0 amide bonds. The quantitative estimate of drug-likeness (QED) is 0.539. The Balaban J connectivity index is 2.20. The van der Waals surface area contributed by atoms with Crippen molar-refractivity contribution in [2.75, 3.05) is 6.61 Å². The van der Waals surface area contributed by atoms with Crippen LogP contribution in [0.15, 0.2) is 63.5 Å². The Labute approximate surface area is 166 Å². The molecule has 1 aliphatic rings. The number of benzene rings is 2. The van der Waals surface area contributed by atoms with Crippen molar-refractivity contribution in [1.29, 1.82) is 0 Å². The first-order chi connectivity index (χ1) is 12.8. The lowest BCUT2D eigenvalue weighted by Gasteiger charge is -2.39. The second-order valence-corrected chi connectivity index (χ2v) is 7.76. The van der Waals surface area contributed by atoms with Crippen LogP contribution in [0.3, 0.4) is 0 Å². The minimum Gasteiger partial charge on any atom is -0.462 e. The van der Waals surface area contributed by atoms with Crippen molar-refractivity contribution >= 4 is 39.7 Å². The van der Waals surface area contributed by atoms with Crippen LogP contribution in [0.4, 0.5) is 13.2 Å². The molecule has 142 valence electrons. The van der Waals surface area contributed by atoms with Gasteiger partial charge in [0.25, 0.3) is 4.93 Å². The van der Waals surface area contributed by atoms with Gasteiger partial charge in [-0.2, -0.15) is 13.2 Å². The fraction of sp³-hybridized carbons (Fsp3) is 0.211. The SMILES string of the molecule is CCOC(=O)C1=Cc2cc(Br)ccc2OC1(Sc1ccccc1)C(F)(F)F. The van der Waals surface area contributed by atoms with E-state index in [1.807, 2.05) is 0 Å². The van der Waals surface area contributed by atoms with E-state index in [1.54, 1.807) is 30.3 Å². The molecule has 3 rings (SSSR count). The van der Waals surface area contributed by atoms with Gasteiger partial charge in [-0.05, 0) is 43.3 Å². The van der Waals surface area contributed by atoms with Crippen LogP contribution in [0, 0.1) is 0 Å². The molecule has 0 saturated carbocycles. The van der Waals surface area contributed by atoms with Crippen molar-refractivity contribution in [3.63, 3.8) is 0 Å². The van der Waals surface area contributed by atoms with E-state index in [0.717, 1.165) is 0 Å². The van der Waals surface area contributed by atoms with Crippen LogP contribution >= 0.6 is 27.7 Å². The fourth-order valence-corrected chi connectivity index (χ4v) is 4.09. The lowest BCUT2D eigenvalue weighted by atomic mass is 10.0. The summed E-state index contributed by atoms with van der Waals surface area (Å²) in [5, 5.41) is 0. The molecule has 8 heteroatoms. The summed E-state index contributed by atoms with van der Waals surface area (Å²) in [5.41, 5.74) is -0.239. The number of carbonyl (C=O) groups excluding carboxylic acids is 1. The highest BCUT2D eigenvalue weighted by molar-refractivity contribution is 9.10. The van der Waals surface area contributed by atoms with Crippen molar-refractivity contribution in [1.82, 2.24) is 0 Å². The highest BCUT2D eigenvalue weighted by Gasteiger charge is 2.64. The molecule has 1 atom stereocenters. The van der Waals surface area contributed by atoms with Crippen molar-refractivity contribution in [3.05, 3.63) is 64.1 Å². The van der Waals surface area contributed by atoms with Gasteiger partial charge in [0.15, 0.2) is 0 Å². The molecule has 27 heavy (non-hydrogen) atoms. The Morgan fingerprint density at radius 2 is 1.93 bits per heavy atom. The first kappa shape index (κ1) is 19.8. The van der Waals surface area contributed by atoms with Crippen molar-refractivity contribution in [3.8, 4) is 5.75 Å². The van der Waals surface area contributed by atoms with Gasteiger partial charge >= 0.3 is 12.1 Å². The molecule has 2 aromatic carbocycles. The molecule has 0 radical (unpaired) electrons. The lowest BCUT2D eigenvalue weighted by molar-refractivity contribution is -0.201. The largest absolute Gasteiger partial charge is 0.462 e. The summed E-state index contributed by atoms with van der Waals surface area (Å²) in [7, 11) is 0. The minimum atomic E-state index is -4.88. The van der Waals surface area contributed by atoms with E-state index in [2.05, 4.69) is 15.9 Å². The lowest BCUT2D eigenvalue weighted by Crippen LogP contribution is -2.52. The molecule has 0 bridgehead atoms. The number of ether oxygens (including phenoxy) is 2. The molecule has 0 saturated heterocycles. The van der Waals surface area contributed by atoms with Gasteiger partial charge in [0.1, 0.15) is 11.3 Å². The Morgan fingerprint density at radius 3 is 2.56 bits per heavy atom. The molecular formula is C19H14BrF3O3S. The Kier molecular flexibility index (Phi) is 5.58. The van der Waals surface area contributed by atoms with Crippen LogP contribution in [0.1, 0.15) is 12.5 Å². The topological polar surface area (TPSA) is 35.5 Å². The summed E-state index contributed by atoms with van der Waals surface area (Å²) in [4.78, 5) is 9.85. The summed E-state index contributed by atoms with van der Waals surface area (Å²) in [6.07, 6.45) is -3.69. The number of halogens is 4. The normalized spacial score (nSPS) is 18.9. The van der Waals surface area contributed by atoms with Gasteiger partial charge in [-0.1, -0.05) is 45.9 Å². The maximum atomic E-state index is 14.3. The summed E-state index contributed by atoms with van der Waals surface area (Å²) < 4.78 is 53.9. The third kappa shape index (κ3) is 3.87. The average Bonchev–Trinajstić information content (AvgIpc) is 2.61. The van der Waals surface area contributed by atoms with Crippen LogP contribution in [-0.4, -0.2) is 23.7 Å². The molecule has 1 heterocycles. The van der Waals surface area contributed by atoms with Gasteiger partial charge in [-0.25, -0.2) is 4.79 Å². The highest BCUT2D eigenvalue weighted by Crippen LogP contribution is 2.54. The van der Waals surface area contributed by atoms with Crippen LogP contribution in [0.25, 0.3) is 6.08 Å². The summed E-state index contributed by atoms with van der Waals surface area (Å²) in [6, 6.07) is 12.6. The van der Waals surface area contributed by atoms with Crippen molar-refractivity contribution < 1.29 is 27.4 Å². The smallest absolute Gasteiger partial charge is 0.443 e. The van der Waals surface area contributed by atoms with E-state index in [1.165, 1.54) is 31.2 Å². The van der Waals surface area contributed by atoms with E-state index >= 15 is 0 Å². The van der Waals surface area contributed by atoms with E-state index in [9.17, 15) is 18.0 Å². The van der Waals surface area contributed by atoms with Gasteiger partial charge in [-0.15, -0.1) is 0 Å². The minimum absolute atomic E-state index is 0.0343. The Hall–Kier alpha value is -1.93. The molecule has 0 aromatic heterocycles. The van der Waals surface area contributed by atoms with Gasteiger partial charge in [0, 0.05) is 14.9 Å². The molecule has 1 aliphatic heterocycles. The second kappa shape index (κ2) is 7.59. The molecule has 0 aliphatic carbocycles. The zero-order valence-corrected chi connectivity index (χ0v) is 16.5. The molecule has 3 nitrogen and oxygen atoms in total. The van der Waals surface area contributed by atoms with Gasteiger partial charge < -0.3 is 9.47 Å². The number of rotatable bonds is 4. The number of hydrogen-bond donors (Lipinski definition) is 0. The Bertz CT molecular complexity index is 884. The third-order valence-corrected chi connectivity index (χ3v) is 5.58. The zero-order valence-electron chi connectivity index (χ0n) is 14.0. The molecular weight excluding hydrogens is 445 g/mol. The number of alkyl halides is 3. The average molecular weight is 459 g/mol. The summed E-state index contributed by atoms with van der Waals surface area (Å²) in [6.45, 7) is 1.48. The molecule has 0 N–H and O–H groups in total. The van der Waals surface area contributed by atoms with Crippen molar-refractivity contribution in [2.45, 2.75) is 22.9 Å². The predicted molar refractivity (Wildman–Crippen MR) is 100 cm³/mol. The van der Waals surface area contributed by atoms with Crippen LogP contribution in [-0.2, 0) is 9.53 Å². The van der Waals surface area contributed by atoms with E-state index < -0.39 is 22.7 Å². The molecule has 1 unspecified atom stereocenters. The number of hydrogen-bond acceptors (Lipinski definition) is 4. The molecule has 0 spiro atoms. The highest BCUT2D eigenvalue weighted by atomic mass is 79.9. The number of esters is 1. The number of fused-ring (bicyclic) bond motifs is 1. The maximum Gasteiger partial charge on any atom is 0.443 e. The van der Waals surface area contributed by atoms with Gasteiger partial charge in [0.2, 0.25) is 0 Å². The first-order valence-corrected chi connectivity index (χ1v) is 9.56. The van der Waals surface area contributed by atoms with E-state index in [-0.39, 0.29) is 12.4 Å². The molecule has 0 fully saturated rings. The third-order valence-electron chi connectivity index (χ3n) is 3.75. The maximum absolute atomic E-state index is 14.3. The van der Waals surface area contributed by atoms with Crippen molar-refractivity contribution in [2.24, 2.45) is 0 Å². The van der Waals surface area contributed by atoms with E-state index in [4.69, 9.17) is 9.47 Å². The second-order valence-electron chi connectivity index (χ2n) is 5.59. The number of carbonyl (C=O) groups is 1. The fourth-order valence-electron chi connectivity index (χ4n) is 2.59. The van der Waals surface area contributed by atoms with Gasteiger partial charge in [0.05, 0.1) is 6.61 Å². The monoisotopic (exact) mass is 458 g/mol. The summed E-state index contributed by atoms with van der Waals surface area (Å²) in [5.74, 6) is -1.03.